The van der Waals surface area contributed by atoms with Gasteiger partial charge < -0.3 is 14.4 Å². The van der Waals surface area contributed by atoms with Crippen molar-refractivity contribution in [2.75, 3.05) is 26.2 Å². The molecule has 0 aromatic carbocycles. The number of nitrogens with zero attached hydrogens (tertiary/aromatic N) is 1. The van der Waals surface area contributed by atoms with Gasteiger partial charge in [0.2, 0.25) is 0 Å². The average molecular weight is 257 g/mol. The van der Waals surface area contributed by atoms with Gasteiger partial charge in [0.15, 0.2) is 0 Å². The van der Waals surface area contributed by atoms with Crippen molar-refractivity contribution in [3.8, 4) is 0 Å². The highest BCUT2D eigenvalue weighted by Gasteiger charge is 2.22. The normalized spacial score (nSPS) is 11.7. The molecule has 0 aliphatic heterocycles. The summed E-state index contributed by atoms with van der Waals surface area (Å²) in [7, 11) is 0. The second kappa shape index (κ2) is 8.25. The van der Waals surface area contributed by atoms with Crippen molar-refractivity contribution in [2.45, 2.75) is 47.5 Å². The van der Waals surface area contributed by atoms with Crippen LogP contribution in [0.2, 0.25) is 0 Å². The number of esters is 1. The second-order valence-electron chi connectivity index (χ2n) is 5.49. The molecule has 0 atom stereocenters. The van der Waals surface area contributed by atoms with Crippen LogP contribution in [-0.4, -0.2) is 42.9 Å². The van der Waals surface area contributed by atoms with Crippen molar-refractivity contribution in [2.24, 2.45) is 5.41 Å². The zero-order valence-corrected chi connectivity index (χ0v) is 12.4. The van der Waals surface area contributed by atoms with Crippen LogP contribution in [0, 0.1) is 5.41 Å². The third-order valence-corrected chi connectivity index (χ3v) is 2.85. The summed E-state index contributed by atoms with van der Waals surface area (Å²) in [5, 5.41) is 0. The van der Waals surface area contributed by atoms with Gasteiger partial charge in [0, 0.05) is 18.4 Å². The van der Waals surface area contributed by atoms with Crippen LogP contribution in [0.4, 0.5) is 0 Å². The quantitative estimate of drug-likeness (QED) is 0.594. The third kappa shape index (κ3) is 8.23. The Bertz CT molecular complexity index is 270. The Hall–Kier alpha value is -0.900. The van der Waals surface area contributed by atoms with Crippen LogP contribution < -0.4 is 0 Å². The standard InChI is InChI=1S/C14H27NO3/c1-6-15(7-2)10-14(4,5)11-18-13(17)9-8-12(3)16/h6-11H2,1-5H3. The molecule has 106 valence electrons. The smallest absolute Gasteiger partial charge is 0.306 e. The lowest BCUT2D eigenvalue weighted by Gasteiger charge is -2.30. The highest BCUT2D eigenvalue weighted by molar-refractivity contribution is 5.80. The summed E-state index contributed by atoms with van der Waals surface area (Å²) in [6.07, 6.45) is 0.464. The first kappa shape index (κ1) is 17.1. The van der Waals surface area contributed by atoms with E-state index in [0.29, 0.717) is 6.61 Å². The van der Waals surface area contributed by atoms with Crippen molar-refractivity contribution >= 4 is 11.8 Å². The molecule has 0 heterocycles. The lowest BCUT2D eigenvalue weighted by molar-refractivity contribution is -0.148. The van der Waals surface area contributed by atoms with Gasteiger partial charge in [-0.3, -0.25) is 4.79 Å². The fourth-order valence-corrected chi connectivity index (χ4v) is 1.72. The minimum Gasteiger partial charge on any atom is -0.465 e. The largest absolute Gasteiger partial charge is 0.465 e. The molecule has 18 heavy (non-hydrogen) atoms. The molecule has 0 saturated heterocycles. The molecule has 0 radical (unpaired) electrons. The topological polar surface area (TPSA) is 46.6 Å². The number of hydrogen-bond donors (Lipinski definition) is 0. The van der Waals surface area contributed by atoms with E-state index in [1.54, 1.807) is 0 Å². The van der Waals surface area contributed by atoms with Crippen LogP contribution in [-0.2, 0) is 14.3 Å². The van der Waals surface area contributed by atoms with Gasteiger partial charge in [-0.2, -0.15) is 0 Å². The fraction of sp³-hybridized carbons (Fsp3) is 0.857. The van der Waals surface area contributed by atoms with E-state index in [9.17, 15) is 9.59 Å². The van der Waals surface area contributed by atoms with Gasteiger partial charge in [-0.25, -0.2) is 0 Å². The van der Waals surface area contributed by atoms with E-state index in [4.69, 9.17) is 4.74 Å². The summed E-state index contributed by atoms with van der Waals surface area (Å²) < 4.78 is 5.23. The molecule has 4 heteroatoms. The lowest BCUT2D eigenvalue weighted by Crippen LogP contribution is -2.37. The number of hydrogen-bond acceptors (Lipinski definition) is 4. The first-order valence-electron chi connectivity index (χ1n) is 6.68. The SMILES string of the molecule is CCN(CC)CC(C)(C)COC(=O)CCC(C)=O. The van der Waals surface area contributed by atoms with E-state index >= 15 is 0 Å². The molecule has 0 spiro atoms. The third-order valence-electron chi connectivity index (χ3n) is 2.85. The first-order chi connectivity index (χ1) is 8.30. The van der Waals surface area contributed by atoms with Gasteiger partial charge in [0.25, 0.3) is 0 Å². The Balaban J connectivity index is 4.01. The van der Waals surface area contributed by atoms with Crippen LogP contribution in [0.1, 0.15) is 47.5 Å². The van der Waals surface area contributed by atoms with E-state index in [0.717, 1.165) is 19.6 Å². The molecule has 4 nitrogen and oxygen atoms in total. The summed E-state index contributed by atoms with van der Waals surface area (Å²) in [6.45, 7) is 13.2. The van der Waals surface area contributed by atoms with E-state index < -0.39 is 0 Å². The molecule has 0 N–H and O–H groups in total. The summed E-state index contributed by atoms with van der Waals surface area (Å²) in [5.74, 6) is -0.257. The highest BCUT2D eigenvalue weighted by atomic mass is 16.5. The number of rotatable bonds is 9. The number of ketones is 1. The monoisotopic (exact) mass is 257 g/mol. The van der Waals surface area contributed by atoms with Gasteiger partial charge in [-0.05, 0) is 20.0 Å². The van der Waals surface area contributed by atoms with E-state index in [-0.39, 0.29) is 30.0 Å². The second-order valence-corrected chi connectivity index (χ2v) is 5.49. The minimum absolute atomic E-state index is 0.0225. The molecule has 0 aliphatic rings. The molecule has 0 rings (SSSR count). The predicted molar refractivity (Wildman–Crippen MR) is 72.4 cm³/mol. The molecule has 0 aromatic heterocycles. The number of carbonyl (C=O) groups is 2. The van der Waals surface area contributed by atoms with Crippen LogP contribution in [0.3, 0.4) is 0 Å². The molecule has 0 unspecified atom stereocenters. The molecule has 0 bridgehead atoms. The molecule has 0 saturated carbocycles. The lowest BCUT2D eigenvalue weighted by atomic mass is 9.94. The first-order valence-corrected chi connectivity index (χ1v) is 6.68. The highest BCUT2D eigenvalue weighted by Crippen LogP contribution is 2.17. The Labute approximate surface area is 111 Å². The maximum absolute atomic E-state index is 11.4. The predicted octanol–water partition coefficient (Wildman–Crippen LogP) is 2.27. The minimum atomic E-state index is -0.280. The van der Waals surface area contributed by atoms with Crippen LogP contribution in [0.25, 0.3) is 0 Å². The van der Waals surface area contributed by atoms with Crippen molar-refractivity contribution in [1.29, 1.82) is 0 Å². The summed E-state index contributed by atoms with van der Waals surface area (Å²) in [5.41, 5.74) is -0.0576. The maximum atomic E-state index is 11.4. The Morgan fingerprint density at radius 3 is 2.11 bits per heavy atom. The number of ether oxygens (including phenoxy) is 1. The number of carbonyl (C=O) groups excluding carboxylic acids is 2. The summed E-state index contributed by atoms with van der Waals surface area (Å²) >= 11 is 0. The Morgan fingerprint density at radius 2 is 1.67 bits per heavy atom. The van der Waals surface area contributed by atoms with Crippen LogP contribution in [0.5, 0.6) is 0 Å². The van der Waals surface area contributed by atoms with Crippen molar-refractivity contribution in [3.63, 3.8) is 0 Å². The van der Waals surface area contributed by atoms with Crippen LogP contribution in [0.15, 0.2) is 0 Å². The molecule has 0 aromatic rings. The van der Waals surface area contributed by atoms with E-state index in [1.165, 1.54) is 6.92 Å². The zero-order valence-electron chi connectivity index (χ0n) is 12.4. The van der Waals surface area contributed by atoms with Gasteiger partial charge in [0.1, 0.15) is 5.78 Å². The average Bonchev–Trinajstić information content (AvgIpc) is 2.31. The summed E-state index contributed by atoms with van der Waals surface area (Å²) in [4.78, 5) is 24.5. The molecule has 0 amide bonds. The Morgan fingerprint density at radius 1 is 1.11 bits per heavy atom. The van der Waals surface area contributed by atoms with Gasteiger partial charge in [-0.15, -0.1) is 0 Å². The van der Waals surface area contributed by atoms with Crippen LogP contribution >= 0.6 is 0 Å². The molecular formula is C14H27NO3. The van der Waals surface area contributed by atoms with Crippen molar-refractivity contribution in [3.05, 3.63) is 0 Å². The van der Waals surface area contributed by atoms with Gasteiger partial charge >= 0.3 is 5.97 Å². The Kier molecular flexibility index (Phi) is 7.83. The molecular weight excluding hydrogens is 230 g/mol. The summed E-state index contributed by atoms with van der Waals surface area (Å²) in [6, 6.07) is 0. The molecule has 0 aliphatic carbocycles. The van der Waals surface area contributed by atoms with Crippen molar-refractivity contribution in [1.82, 2.24) is 4.90 Å². The van der Waals surface area contributed by atoms with Gasteiger partial charge in [0.05, 0.1) is 13.0 Å². The zero-order chi connectivity index (χ0) is 14.2. The fourth-order valence-electron chi connectivity index (χ4n) is 1.72. The maximum Gasteiger partial charge on any atom is 0.306 e. The van der Waals surface area contributed by atoms with Gasteiger partial charge in [-0.1, -0.05) is 27.7 Å². The van der Waals surface area contributed by atoms with Crippen molar-refractivity contribution < 1.29 is 14.3 Å². The van der Waals surface area contributed by atoms with E-state index in [2.05, 4.69) is 32.6 Å². The van der Waals surface area contributed by atoms with E-state index in [1.807, 2.05) is 0 Å². The molecule has 0 fully saturated rings. The number of Topliss-reactive ketones (excluding diaryl/α,β-unsaturated/α-hetero) is 1.